The minimum atomic E-state index is -0.817. The fourth-order valence-electron chi connectivity index (χ4n) is 2.25. The van der Waals surface area contributed by atoms with Gasteiger partial charge in [0.2, 0.25) is 0 Å². The molecule has 1 aromatic rings. The number of hydrogen-bond acceptors (Lipinski definition) is 6. The Labute approximate surface area is 151 Å². The quantitative estimate of drug-likeness (QED) is 0.825. The van der Waals surface area contributed by atoms with Gasteiger partial charge in [0.05, 0.1) is 17.0 Å². The molecule has 1 aliphatic rings. The van der Waals surface area contributed by atoms with Crippen molar-refractivity contribution in [2.75, 3.05) is 0 Å². The SMILES string of the molecule is CC(NC(=O)OC(C)(C)C)C(C)C(=O)ON1C(=O)c2ccccc2C1=O. The van der Waals surface area contributed by atoms with Gasteiger partial charge in [-0.05, 0) is 46.8 Å². The first-order chi connectivity index (χ1) is 12.0. The molecule has 0 radical (unpaired) electrons. The van der Waals surface area contributed by atoms with E-state index in [2.05, 4.69) is 5.32 Å². The molecule has 1 aliphatic heterocycles. The highest BCUT2D eigenvalue weighted by Gasteiger charge is 2.40. The third-order valence-electron chi connectivity index (χ3n) is 3.80. The largest absolute Gasteiger partial charge is 0.444 e. The molecular weight excluding hydrogens is 340 g/mol. The number of carbonyl (C=O) groups excluding carboxylic acids is 4. The van der Waals surface area contributed by atoms with Crippen molar-refractivity contribution in [3.8, 4) is 0 Å². The van der Waals surface area contributed by atoms with Crippen LogP contribution >= 0.6 is 0 Å². The first kappa shape index (κ1) is 19.4. The van der Waals surface area contributed by atoms with Gasteiger partial charge >= 0.3 is 12.1 Å². The smallest absolute Gasteiger partial charge is 0.407 e. The normalized spacial score (nSPS) is 16.0. The Bertz CT molecular complexity index is 717. The lowest BCUT2D eigenvalue weighted by molar-refractivity contribution is -0.173. The van der Waals surface area contributed by atoms with Crippen molar-refractivity contribution in [1.82, 2.24) is 10.4 Å². The molecule has 0 spiro atoms. The maximum atomic E-state index is 12.3. The molecule has 140 valence electrons. The number of benzene rings is 1. The van der Waals surface area contributed by atoms with Gasteiger partial charge in [-0.25, -0.2) is 9.59 Å². The number of ether oxygens (including phenoxy) is 1. The lowest BCUT2D eigenvalue weighted by Crippen LogP contribution is -2.44. The molecule has 0 aromatic heterocycles. The number of rotatable bonds is 4. The molecular formula is C18H22N2O6. The molecule has 26 heavy (non-hydrogen) atoms. The molecule has 0 bridgehead atoms. The molecule has 3 amide bonds. The van der Waals surface area contributed by atoms with Crippen LogP contribution in [0, 0.1) is 5.92 Å². The molecule has 1 N–H and O–H groups in total. The summed E-state index contributed by atoms with van der Waals surface area (Å²) in [6.45, 7) is 8.27. The Balaban J connectivity index is 1.98. The molecule has 8 heteroatoms. The van der Waals surface area contributed by atoms with Crippen LogP contribution in [0.15, 0.2) is 24.3 Å². The summed E-state index contributed by atoms with van der Waals surface area (Å²) in [6.07, 6.45) is -0.676. The topological polar surface area (TPSA) is 102 Å². The third-order valence-corrected chi connectivity index (χ3v) is 3.80. The average molecular weight is 362 g/mol. The predicted molar refractivity (Wildman–Crippen MR) is 91.0 cm³/mol. The zero-order chi connectivity index (χ0) is 19.6. The Morgan fingerprint density at radius 3 is 2.00 bits per heavy atom. The van der Waals surface area contributed by atoms with E-state index in [-0.39, 0.29) is 11.1 Å². The van der Waals surface area contributed by atoms with E-state index in [0.29, 0.717) is 5.06 Å². The van der Waals surface area contributed by atoms with Crippen LogP contribution in [0.4, 0.5) is 4.79 Å². The number of nitrogens with one attached hydrogen (secondary N) is 1. The second kappa shape index (κ2) is 7.15. The summed E-state index contributed by atoms with van der Waals surface area (Å²) >= 11 is 0. The van der Waals surface area contributed by atoms with Crippen molar-refractivity contribution in [3.63, 3.8) is 0 Å². The molecule has 8 nitrogen and oxygen atoms in total. The van der Waals surface area contributed by atoms with Crippen molar-refractivity contribution >= 4 is 23.9 Å². The van der Waals surface area contributed by atoms with E-state index in [1.165, 1.54) is 19.1 Å². The second-order valence-electron chi connectivity index (χ2n) is 7.08. The molecule has 2 atom stereocenters. The van der Waals surface area contributed by atoms with E-state index in [4.69, 9.17) is 9.57 Å². The zero-order valence-corrected chi connectivity index (χ0v) is 15.4. The average Bonchev–Trinajstić information content (AvgIpc) is 2.77. The van der Waals surface area contributed by atoms with Crippen LogP contribution in [0.1, 0.15) is 55.3 Å². The van der Waals surface area contributed by atoms with Crippen molar-refractivity contribution in [1.29, 1.82) is 0 Å². The van der Waals surface area contributed by atoms with Crippen LogP contribution in [0.2, 0.25) is 0 Å². The van der Waals surface area contributed by atoms with E-state index >= 15 is 0 Å². The minimum absolute atomic E-state index is 0.179. The summed E-state index contributed by atoms with van der Waals surface area (Å²) in [5.74, 6) is -3.02. The number of alkyl carbamates (subject to hydrolysis) is 1. The van der Waals surface area contributed by atoms with E-state index in [1.54, 1.807) is 39.8 Å². The number of hydrogen-bond donors (Lipinski definition) is 1. The van der Waals surface area contributed by atoms with Gasteiger partial charge in [0.25, 0.3) is 11.8 Å². The van der Waals surface area contributed by atoms with Crippen LogP contribution in [0.5, 0.6) is 0 Å². The molecule has 0 fully saturated rings. The number of nitrogens with zero attached hydrogens (tertiary/aromatic N) is 1. The fraction of sp³-hybridized carbons (Fsp3) is 0.444. The standard InChI is InChI=1S/C18H22N2O6/c1-10(11(2)19-17(24)25-18(3,4)5)16(23)26-20-14(21)12-8-6-7-9-13(12)15(20)22/h6-11H,1-5H3,(H,19,24). The first-order valence-electron chi connectivity index (χ1n) is 8.20. The predicted octanol–water partition coefficient (Wildman–Crippen LogP) is 2.29. The summed E-state index contributed by atoms with van der Waals surface area (Å²) in [5.41, 5.74) is -0.316. The molecule has 2 rings (SSSR count). The van der Waals surface area contributed by atoms with Crippen molar-refractivity contribution in [2.24, 2.45) is 5.92 Å². The van der Waals surface area contributed by atoms with Gasteiger partial charge in [0.15, 0.2) is 0 Å². The van der Waals surface area contributed by atoms with Crippen LogP contribution in [-0.4, -0.2) is 40.6 Å². The fourth-order valence-corrected chi connectivity index (χ4v) is 2.25. The van der Waals surface area contributed by atoms with Gasteiger partial charge in [-0.3, -0.25) is 9.59 Å². The summed E-state index contributed by atoms with van der Waals surface area (Å²) < 4.78 is 5.13. The van der Waals surface area contributed by atoms with E-state index in [1.807, 2.05) is 0 Å². The monoisotopic (exact) mass is 362 g/mol. The van der Waals surface area contributed by atoms with Gasteiger partial charge < -0.3 is 14.9 Å². The highest BCUT2D eigenvalue weighted by Crippen LogP contribution is 2.23. The van der Waals surface area contributed by atoms with Crippen molar-refractivity contribution < 1.29 is 28.8 Å². The first-order valence-corrected chi connectivity index (χ1v) is 8.20. The van der Waals surface area contributed by atoms with Gasteiger partial charge in [-0.2, -0.15) is 0 Å². The lowest BCUT2D eigenvalue weighted by atomic mass is 10.0. The summed E-state index contributed by atoms with van der Waals surface area (Å²) in [7, 11) is 0. The van der Waals surface area contributed by atoms with Gasteiger partial charge in [0.1, 0.15) is 5.60 Å². The van der Waals surface area contributed by atoms with Crippen LogP contribution in [-0.2, 0) is 14.4 Å². The van der Waals surface area contributed by atoms with Gasteiger partial charge in [0, 0.05) is 6.04 Å². The summed E-state index contributed by atoms with van der Waals surface area (Å²) in [4.78, 5) is 53.5. The lowest BCUT2D eigenvalue weighted by Gasteiger charge is -2.24. The van der Waals surface area contributed by atoms with E-state index in [9.17, 15) is 19.2 Å². The minimum Gasteiger partial charge on any atom is -0.444 e. The number of fused-ring (bicyclic) bond motifs is 1. The Morgan fingerprint density at radius 1 is 1.04 bits per heavy atom. The summed E-state index contributed by atoms with van der Waals surface area (Å²) in [5, 5.41) is 2.98. The molecule has 0 saturated carbocycles. The molecule has 0 aliphatic carbocycles. The second-order valence-corrected chi connectivity index (χ2v) is 7.08. The maximum Gasteiger partial charge on any atom is 0.407 e. The molecule has 0 saturated heterocycles. The summed E-state index contributed by atoms with van der Waals surface area (Å²) in [6, 6.07) is 5.57. The van der Waals surface area contributed by atoms with Crippen molar-refractivity contribution in [3.05, 3.63) is 35.4 Å². The number of carbonyl (C=O) groups is 4. The zero-order valence-electron chi connectivity index (χ0n) is 15.4. The van der Waals surface area contributed by atoms with Crippen LogP contribution in [0.25, 0.3) is 0 Å². The molecule has 1 heterocycles. The Hall–Kier alpha value is -2.90. The number of amides is 3. The van der Waals surface area contributed by atoms with Crippen LogP contribution < -0.4 is 5.32 Å². The van der Waals surface area contributed by atoms with Crippen molar-refractivity contribution in [2.45, 2.75) is 46.3 Å². The maximum absolute atomic E-state index is 12.3. The van der Waals surface area contributed by atoms with E-state index in [0.717, 1.165) is 0 Å². The third kappa shape index (κ3) is 4.19. The number of hydroxylamine groups is 2. The van der Waals surface area contributed by atoms with Crippen LogP contribution in [0.3, 0.4) is 0 Å². The highest BCUT2D eigenvalue weighted by molar-refractivity contribution is 6.20. The Morgan fingerprint density at radius 2 is 1.54 bits per heavy atom. The molecule has 1 aromatic carbocycles. The van der Waals surface area contributed by atoms with Gasteiger partial charge in [-0.1, -0.05) is 17.2 Å². The van der Waals surface area contributed by atoms with E-state index < -0.39 is 41.4 Å². The highest BCUT2D eigenvalue weighted by atomic mass is 16.7. The number of imide groups is 1. The molecule has 2 unspecified atom stereocenters. The Kier molecular flexibility index (Phi) is 5.34. The van der Waals surface area contributed by atoms with Gasteiger partial charge in [-0.15, -0.1) is 0 Å².